The highest BCUT2D eigenvalue weighted by atomic mass is 28.4. The van der Waals surface area contributed by atoms with Gasteiger partial charge >= 0.3 is 0 Å². The Labute approximate surface area is 178 Å². The van der Waals surface area contributed by atoms with Gasteiger partial charge in [0.05, 0.1) is 12.2 Å². The van der Waals surface area contributed by atoms with Crippen LogP contribution < -0.4 is 10.4 Å². The summed E-state index contributed by atoms with van der Waals surface area (Å²) in [5.41, 5.74) is -0.0433. The molecule has 2 nitrogen and oxygen atoms in total. The highest BCUT2D eigenvalue weighted by molar-refractivity contribution is 6.99. The van der Waals surface area contributed by atoms with Gasteiger partial charge in [0.2, 0.25) is 0 Å². The van der Waals surface area contributed by atoms with E-state index in [1.807, 2.05) is 13.5 Å². The van der Waals surface area contributed by atoms with E-state index in [9.17, 15) is 0 Å². The summed E-state index contributed by atoms with van der Waals surface area (Å²) in [6, 6.07) is 21.8. The smallest absolute Gasteiger partial charge is 0.261 e. The molecule has 0 aliphatic heterocycles. The molecule has 0 aromatic heterocycles. The number of ether oxygens (including phenoxy) is 1. The van der Waals surface area contributed by atoms with Crippen LogP contribution in [0.25, 0.3) is 0 Å². The fourth-order valence-corrected chi connectivity index (χ4v) is 9.59. The predicted molar refractivity (Wildman–Crippen MR) is 125 cm³/mol. The van der Waals surface area contributed by atoms with Crippen molar-refractivity contribution in [3.05, 3.63) is 67.3 Å². The van der Waals surface area contributed by atoms with Crippen LogP contribution in [0, 0.1) is 6.61 Å². The molecule has 0 bridgehead atoms. The Morgan fingerprint density at radius 2 is 1.38 bits per heavy atom. The van der Waals surface area contributed by atoms with Crippen molar-refractivity contribution in [3.63, 3.8) is 0 Å². The van der Waals surface area contributed by atoms with Crippen LogP contribution in [0.3, 0.4) is 0 Å². The summed E-state index contributed by atoms with van der Waals surface area (Å²) < 4.78 is 13.3. The van der Waals surface area contributed by atoms with E-state index in [-0.39, 0.29) is 10.6 Å². The van der Waals surface area contributed by atoms with Crippen molar-refractivity contribution in [1.82, 2.24) is 0 Å². The third-order valence-electron chi connectivity index (χ3n) is 6.43. The first kappa shape index (κ1) is 22.3. The van der Waals surface area contributed by atoms with E-state index in [2.05, 4.69) is 81.4 Å². The zero-order valence-corrected chi connectivity index (χ0v) is 19.6. The first-order chi connectivity index (χ1) is 13.9. The first-order valence-electron chi connectivity index (χ1n) is 11.1. The largest absolute Gasteiger partial charge is 0.407 e. The standard InChI is InChI=1S/C26H37O2Si/c1-5-27-26(19-13-8-14-20-26)21-22-28-29(25(2,3)4,23-15-9-6-10-16-23)24-17-11-7-12-18-24/h5-7,9-12,15-18H,8,13-14,19-22H2,1-4H3. The molecule has 1 aliphatic carbocycles. The molecule has 1 saturated carbocycles. The van der Waals surface area contributed by atoms with Crippen molar-refractivity contribution in [2.45, 2.75) is 76.9 Å². The molecule has 0 unspecified atom stereocenters. The average Bonchev–Trinajstić information content (AvgIpc) is 2.73. The van der Waals surface area contributed by atoms with Gasteiger partial charge in [0.15, 0.2) is 0 Å². The quantitative estimate of drug-likeness (QED) is 0.509. The van der Waals surface area contributed by atoms with Crippen molar-refractivity contribution in [2.24, 2.45) is 0 Å². The molecule has 0 saturated heterocycles. The lowest BCUT2D eigenvalue weighted by atomic mass is 9.82. The lowest BCUT2D eigenvalue weighted by Gasteiger charge is -2.44. The van der Waals surface area contributed by atoms with Crippen LogP contribution in [0.1, 0.15) is 66.2 Å². The van der Waals surface area contributed by atoms with Crippen LogP contribution in [0.4, 0.5) is 0 Å². The van der Waals surface area contributed by atoms with Crippen LogP contribution in [0.2, 0.25) is 5.04 Å². The summed E-state index contributed by atoms with van der Waals surface area (Å²) in [4.78, 5) is 0. The molecule has 1 aliphatic rings. The van der Waals surface area contributed by atoms with Gasteiger partial charge in [-0.3, -0.25) is 0 Å². The summed E-state index contributed by atoms with van der Waals surface area (Å²) >= 11 is 0. The number of rotatable bonds is 8. The maximum Gasteiger partial charge on any atom is 0.261 e. The Morgan fingerprint density at radius 3 is 1.83 bits per heavy atom. The summed E-state index contributed by atoms with van der Waals surface area (Å²) in [5.74, 6) is 0. The molecule has 0 N–H and O–H groups in total. The molecular formula is C26H37O2Si. The van der Waals surface area contributed by atoms with Gasteiger partial charge < -0.3 is 9.16 Å². The third kappa shape index (κ3) is 4.84. The maximum absolute atomic E-state index is 7.09. The van der Waals surface area contributed by atoms with Crippen molar-refractivity contribution < 1.29 is 9.16 Å². The fraction of sp³-hybridized carbons (Fsp3) is 0.500. The van der Waals surface area contributed by atoms with Crippen molar-refractivity contribution >= 4 is 18.7 Å². The number of hydrogen-bond acceptors (Lipinski definition) is 2. The second-order valence-corrected chi connectivity index (χ2v) is 13.7. The highest BCUT2D eigenvalue weighted by Crippen LogP contribution is 2.39. The molecule has 1 fully saturated rings. The van der Waals surface area contributed by atoms with E-state index in [1.165, 1.54) is 29.6 Å². The molecule has 0 heterocycles. The minimum atomic E-state index is -2.46. The molecule has 157 valence electrons. The minimum Gasteiger partial charge on any atom is -0.407 e. The molecule has 1 radical (unpaired) electrons. The van der Waals surface area contributed by atoms with Crippen LogP contribution in [0.15, 0.2) is 60.7 Å². The summed E-state index contributed by atoms with van der Waals surface area (Å²) in [7, 11) is -2.46. The summed E-state index contributed by atoms with van der Waals surface area (Å²) in [6.07, 6.45) is 7.08. The fourth-order valence-electron chi connectivity index (χ4n) is 5.02. The van der Waals surface area contributed by atoms with E-state index in [1.54, 1.807) is 0 Å². The lowest BCUT2D eigenvalue weighted by molar-refractivity contribution is -0.0481. The number of benzene rings is 2. The third-order valence-corrected chi connectivity index (χ3v) is 11.5. The van der Waals surface area contributed by atoms with Gasteiger partial charge in [-0.15, -0.1) is 0 Å². The topological polar surface area (TPSA) is 18.5 Å². The zero-order valence-electron chi connectivity index (χ0n) is 18.6. The molecule has 3 rings (SSSR count). The van der Waals surface area contributed by atoms with Gasteiger partial charge in [0, 0.05) is 6.61 Å². The van der Waals surface area contributed by atoms with Crippen molar-refractivity contribution in [3.8, 4) is 0 Å². The Morgan fingerprint density at radius 1 is 0.862 bits per heavy atom. The number of hydrogen-bond donors (Lipinski definition) is 0. The zero-order chi connectivity index (χ0) is 20.8. The molecule has 3 heteroatoms. The maximum atomic E-state index is 7.09. The molecule has 0 amide bonds. The molecular weight excluding hydrogens is 372 g/mol. The first-order valence-corrected chi connectivity index (χ1v) is 13.1. The van der Waals surface area contributed by atoms with E-state index >= 15 is 0 Å². The van der Waals surface area contributed by atoms with Crippen LogP contribution in [0.5, 0.6) is 0 Å². The van der Waals surface area contributed by atoms with Gasteiger partial charge in [-0.05, 0) is 41.6 Å². The molecule has 0 spiro atoms. The Balaban J connectivity index is 1.93. The highest BCUT2D eigenvalue weighted by Gasteiger charge is 2.50. The normalized spacial score (nSPS) is 17.2. The van der Waals surface area contributed by atoms with E-state index in [0.29, 0.717) is 0 Å². The Kier molecular flexibility index (Phi) is 7.36. The van der Waals surface area contributed by atoms with Crippen LogP contribution in [-0.4, -0.2) is 20.5 Å². The molecule has 2 aromatic carbocycles. The van der Waals surface area contributed by atoms with E-state index in [4.69, 9.17) is 9.16 Å². The van der Waals surface area contributed by atoms with E-state index in [0.717, 1.165) is 25.9 Å². The molecule has 29 heavy (non-hydrogen) atoms. The van der Waals surface area contributed by atoms with Crippen LogP contribution in [-0.2, 0) is 9.16 Å². The van der Waals surface area contributed by atoms with Crippen LogP contribution >= 0.6 is 0 Å². The van der Waals surface area contributed by atoms with Gasteiger partial charge in [-0.25, -0.2) is 0 Å². The Hall–Kier alpha value is -1.42. The second kappa shape index (κ2) is 9.59. The SMILES string of the molecule is C[CH]OC1(CCO[Si](c2ccccc2)(c2ccccc2)C(C)(C)C)CCCCC1. The summed E-state index contributed by atoms with van der Waals surface area (Å²) in [5, 5.41) is 2.71. The minimum absolute atomic E-state index is 0.0210. The van der Waals surface area contributed by atoms with Gasteiger partial charge in [0.1, 0.15) is 0 Å². The molecule has 0 atom stereocenters. The molecule has 2 aromatic rings. The average molecular weight is 410 g/mol. The van der Waals surface area contributed by atoms with E-state index < -0.39 is 8.32 Å². The summed E-state index contributed by atoms with van der Waals surface area (Å²) in [6.45, 7) is 11.6. The Bertz CT molecular complexity index is 685. The lowest BCUT2D eigenvalue weighted by Crippen LogP contribution is -2.66. The van der Waals surface area contributed by atoms with Gasteiger partial charge in [-0.2, -0.15) is 0 Å². The van der Waals surface area contributed by atoms with Gasteiger partial charge in [0.25, 0.3) is 8.32 Å². The monoisotopic (exact) mass is 409 g/mol. The van der Waals surface area contributed by atoms with Gasteiger partial charge in [-0.1, -0.05) is 101 Å². The van der Waals surface area contributed by atoms with Crippen molar-refractivity contribution in [1.29, 1.82) is 0 Å². The van der Waals surface area contributed by atoms with Crippen molar-refractivity contribution in [2.75, 3.05) is 6.61 Å². The predicted octanol–water partition coefficient (Wildman–Crippen LogP) is 5.85. The second-order valence-electron chi connectivity index (χ2n) is 9.36.